The molecule has 178 valence electrons. The Morgan fingerprint density at radius 1 is 0.686 bits per heavy atom. The summed E-state index contributed by atoms with van der Waals surface area (Å²) in [6.07, 6.45) is 5.41. The Labute approximate surface area is 208 Å². The number of benzene rings is 3. The molecule has 1 aliphatic rings. The van der Waals surface area contributed by atoms with Crippen molar-refractivity contribution in [2.45, 2.75) is 59.8 Å². The van der Waals surface area contributed by atoms with E-state index in [1.165, 1.54) is 30.5 Å². The molecule has 0 aliphatic heterocycles. The van der Waals surface area contributed by atoms with Gasteiger partial charge in [0, 0.05) is 16.7 Å². The predicted molar refractivity (Wildman–Crippen MR) is 140 cm³/mol. The van der Waals surface area contributed by atoms with Crippen LogP contribution in [0.25, 0.3) is 0 Å². The molecule has 0 heterocycles. The molecule has 3 aromatic carbocycles. The molecule has 1 fully saturated rings. The van der Waals surface area contributed by atoms with Gasteiger partial charge in [0.05, 0.1) is 5.56 Å². The van der Waals surface area contributed by atoms with Gasteiger partial charge in [0.15, 0.2) is 0 Å². The zero-order chi connectivity index (χ0) is 24.9. The molecule has 1 aliphatic carbocycles. The summed E-state index contributed by atoms with van der Waals surface area (Å²) in [5, 5.41) is 0. The normalized spacial score (nSPS) is 17.2. The quantitative estimate of drug-likeness (QED) is 0.335. The Balaban J connectivity index is 1.52. The highest BCUT2D eigenvalue weighted by molar-refractivity contribution is 5.55. The smallest absolute Gasteiger partial charge is 0.142 e. The van der Waals surface area contributed by atoms with Crippen molar-refractivity contribution in [3.8, 4) is 23.7 Å². The molecule has 35 heavy (non-hydrogen) atoms. The van der Waals surface area contributed by atoms with E-state index in [9.17, 15) is 8.78 Å². The molecule has 0 atom stereocenters. The first-order chi connectivity index (χ1) is 16.8. The van der Waals surface area contributed by atoms with Crippen molar-refractivity contribution in [1.82, 2.24) is 0 Å². The first-order valence-electron chi connectivity index (χ1n) is 12.5. The van der Waals surface area contributed by atoms with E-state index in [1.54, 1.807) is 0 Å². The van der Waals surface area contributed by atoms with Crippen LogP contribution in [0.1, 0.15) is 77.1 Å². The van der Waals surface area contributed by atoms with E-state index in [-0.39, 0.29) is 5.56 Å². The van der Waals surface area contributed by atoms with Crippen molar-refractivity contribution in [1.29, 1.82) is 0 Å². The van der Waals surface area contributed by atoms with Gasteiger partial charge in [0.25, 0.3) is 0 Å². The second-order valence-electron chi connectivity index (χ2n) is 10.1. The van der Waals surface area contributed by atoms with Crippen LogP contribution in [0.4, 0.5) is 8.78 Å². The molecule has 0 unspecified atom stereocenters. The lowest BCUT2D eigenvalue weighted by Gasteiger charge is -2.26. The summed E-state index contributed by atoms with van der Waals surface area (Å²) in [5.41, 5.74) is 6.39. The largest absolute Gasteiger partial charge is 0.206 e. The molecule has 1 saturated carbocycles. The molecule has 0 amide bonds. The van der Waals surface area contributed by atoms with Crippen LogP contribution in [0.3, 0.4) is 0 Å². The predicted octanol–water partition coefficient (Wildman–Crippen LogP) is 8.06. The highest BCUT2D eigenvalue weighted by Gasteiger charge is 2.19. The van der Waals surface area contributed by atoms with Crippen LogP contribution in [-0.4, -0.2) is 0 Å². The van der Waals surface area contributed by atoms with Gasteiger partial charge in [-0.15, -0.1) is 0 Å². The van der Waals surface area contributed by atoms with Gasteiger partial charge in [0.2, 0.25) is 0 Å². The summed E-state index contributed by atoms with van der Waals surface area (Å²) in [6.45, 7) is 8.30. The van der Waals surface area contributed by atoms with E-state index >= 15 is 0 Å². The van der Waals surface area contributed by atoms with Gasteiger partial charge in [-0.05, 0) is 105 Å². The van der Waals surface area contributed by atoms with Gasteiger partial charge >= 0.3 is 0 Å². The maximum Gasteiger partial charge on any atom is 0.142 e. The number of rotatable bonds is 2. The summed E-state index contributed by atoms with van der Waals surface area (Å²) in [6, 6.07) is 14.9. The van der Waals surface area contributed by atoms with Crippen LogP contribution in [0.2, 0.25) is 0 Å². The minimum Gasteiger partial charge on any atom is -0.206 e. The average molecular weight is 467 g/mol. The van der Waals surface area contributed by atoms with Crippen molar-refractivity contribution in [2.75, 3.05) is 0 Å². The van der Waals surface area contributed by atoms with Crippen molar-refractivity contribution in [2.24, 2.45) is 11.8 Å². The average Bonchev–Trinajstić information content (AvgIpc) is 2.81. The Morgan fingerprint density at radius 2 is 1.23 bits per heavy atom. The number of halogens is 2. The van der Waals surface area contributed by atoms with E-state index in [0.29, 0.717) is 5.92 Å². The molecule has 0 N–H and O–H groups in total. The molecule has 0 spiro atoms. The van der Waals surface area contributed by atoms with Gasteiger partial charge < -0.3 is 0 Å². The summed E-state index contributed by atoms with van der Waals surface area (Å²) in [4.78, 5) is 0. The van der Waals surface area contributed by atoms with E-state index in [4.69, 9.17) is 0 Å². The highest BCUT2D eigenvalue weighted by Crippen LogP contribution is 2.31. The first-order valence-corrected chi connectivity index (χ1v) is 12.5. The van der Waals surface area contributed by atoms with Crippen molar-refractivity contribution >= 4 is 0 Å². The van der Waals surface area contributed by atoms with Gasteiger partial charge in [-0.1, -0.05) is 61.1 Å². The van der Waals surface area contributed by atoms with Crippen LogP contribution in [0.15, 0.2) is 48.5 Å². The lowest BCUT2D eigenvalue weighted by atomic mass is 9.80. The summed E-state index contributed by atoms with van der Waals surface area (Å²) in [5.74, 6) is 12.3. The van der Waals surface area contributed by atoms with Crippen LogP contribution in [0, 0.1) is 67.9 Å². The Kier molecular flexibility index (Phi) is 7.73. The van der Waals surface area contributed by atoms with E-state index in [0.717, 1.165) is 58.6 Å². The second-order valence-corrected chi connectivity index (χ2v) is 10.1. The molecule has 0 bridgehead atoms. The Hall–Kier alpha value is -3.36. The Bertz CT molecular complexity index is 1290. The molecule has 0 nitrogen and oxygen atoms in total. The first kappa shape index (κ1) is 24.8. The van der Waals surface area contributed by atoms with Gasteiger partial charge in [-0.3, -0.25) is 0 Å². The maximum atomic E-state index is 14.8. The molecule has 3 aromatic rings. The Morgan fingerprint density at radius 3 is 1.83 bits per heavy atom. The number of hydrogen-bond acceptors (Lipinski definition) is 0. The fourth-order valence-corrected chi connectivity index (χ4v) is 4.87. The highest BCUT2D eigenvalue weighted by atomic mass is 19.1. The van der Waals surface area contributed by atoms with Gasteiger partial charge in [0.1, 0.15) is 11.6 Å². The van der Waals surface area contributed by atoms with Crippen molar-refractivity contribution in [3.05, 3.63) is 105 Å². The van der Waals surface area contributed by atoms with Crippen molar-refractivity contribution < 1.29 is 8.78 Å². The van der Waals surface area contributed by atoms with Crippen molar-refractivity contribution in [3.63, 3.8) is 0 Å². The third kappa shape index (κ3) is 6.41. The molecule has 0 aromatic heterocycles. The topological polar surface area (TPSA) is 0 Å². The summed E-state index contributed by atoms with van der Waals surface area (Å²) in [7, 11) is 0. The number of hydrogen-bond donors (Lipinski definition) is 0. The van der Waals surface area contributed by atoms with E-state index < -0.39 is 11.6 Å². The molecule has 0 radical (unpaired) electrons. The van der Waals surface area contributed by atoms with Gasteiger partial charge in [-0.25, -0.2) is 8.78 Å². The molecular formula is C33H32F2. The number of aryl methyl sites for hydroxylation is 3. The fraction of sp³-hybridized carbons (Fsp3) is 0.333. The lowest BCUT2D eigenvalue weighted by Crippen LogP contribution is -2.14. The van der Waals surface area contributed by atoms with E-state index in [2.05, 4.69) is 37.5 Å². The molecule has 0 saturated heterocycles. The second kappa shape index (κ2) is 10.9. The maximum absolute atomic E-state index is 14.8. The van der Waals surface area contributed by atoms with Crippen LogP contribution < -0.4 is 0 Å². The van der Waals surface area contributed by atoms with Gasteiger partial charge in [-0.2, -0.15) is 0 Å². The monoisotopic (exact) mass is 466 g/mol. The zero-order valence-electron chi connectivity index (χ0n) is 21.1. The molecule has 4 rings (SSSR count). The lowest BCUT2D eigenvalue weighted by molar-refractivity contribution is 0.288. The van der Waals surface area contributed by atoms with Crippen LogP contribution in [0.5, 0.6) is 0 Å². The van der Waals surface area contributed by atoms with Crippen LogP contribution >= 0.6 is 0 Å². The molecular weight excluding hydrogens is 434 g/mol. The zero-order valence-corrected chi connectivity index (χ0v) is 21.1. The summed E-state index contributed by atoms with van der Waals surface area (Å²) >= 11 is 0. The van der Waals surface area contributed by atoms with Crippen LogP contribution in [-0.2, 0) is 6.42 Å². The third-order valence-electron chi connectivity index (χ3n) is 7.01. The summed E-state index contributed by atoms with van der Waals surface area (Å²) < 4.78 is 29.6. The minimum atomic E-state index is -0.578. The minimum absolute atomic E-state index is 0.162. The third-order valence-corrected chi connectivity index (χ3v) is 7.01. The van der Waals surface area contributed by atoms with E-state index in [1.807, 2.05) is 50.2 Å². The SMILES string of the molecule is Cc1ccc(C#Cc2c(C)cc(C#Cc3c(F)cc(CC4CCC(C)CC4)cc3F)cc2C)cc1. The molecule has 2 heteroatoms. The fourth-order valence-electron chi connectivity index (χ4n) is 4.87. The standard InChI is InChI=1S/C33H32F2/c1-22-5-9-26(10-6-22)13-15-30-24(3)17-28(18-25(30)4)14-16-31-32(34)20-29(21-33(31)35)19-27-11-7-23(2)8-12-27/h5-6,9-10,17-18,20-21,23,27H,7-8,11-12,19H2,1-4H3.